The Balaban J connectivity index is 3.72. The third kappa shape index (κ3) is 4.40. The molecule has 1 nitrogen and oxygen atoms in total. The van der Waals surface area contributed by atoms with Gasteiger partial charge >= 0.3 is 0 Å². The Bertz CT molecular complexity index is 84.2. The number of hydrogen-bond donors (Lipinski definition) is 1. The van der Waals surface area contributed by atoms with Crippen LogP contribution < -0.4 is 5.73 Å². The smallest absolute Gasteiger partial charge is 0.0619 e. The maximum absolute atomic E-state index is 5.30. The molecule has 0 aromatic rings. The minimum Gasteiger partial charge on any atom is -0.326 e. The van der Waals surface area contributed by atoms with Crippen molar-refractivity contribution in [3.05, 3.63) is 5.17 Å². The fourth-order valence-corrected chi connectivity index (χ4v) is 0.518. The van der Waals surface area contributed by atoms with E-state index in [1.807, 2.05) is 0 Å². The number of hydrogen-bond acceptors (Lipinski definition) is 1. The van der Waals surface area contributed by atoms with Gasteiger partial charge < -0.3 is 5.73 Å². The highest BCUT2D eigenvalue weighted by Gasteiger charge is 1.89. The van der Waals surface area contributed by atoms with E-state index in [2.05, 4.69) is 67.8 Å². The highest BCUT2D eigenvalue weighted by atomic mass is 127. The summed E-state index contributed by atoms with van der Waals surface area (Å²) in [6.45, 7) is 0.668. The predicted octanol–water partition coefficient (Wildman–Crippen LogP) is 2.42. The van der Waals surface area contributed by atoms with Gasteiger partial charge in [-0.3, -0.25) is 0 Å². The van der Waals surface area contributed by atoms with Gasteiger partial charge in [0.25, 0.3) is 0 Å². The zero-order valence-corrected chi connectivity index (χ0v) is 9.89. The average Bonchev–Trinajstić information content (AvgIpc) is 1.65. The molecule has 0 aliphatic carbocycles. The molecule has 0 radical (unpaired) electrons. The van der Waals surface area contributed by atoms with Crippen molar-refractivity contribution in [1.29, 1.82) is 0 Å². The van der Waals surface area contributed by atoms with Crippen LogP contribution in [0.4, 0.5) is 0 Å². The van der Waals surface area contributed by atoms with Crippen molar-refractivity contribution >= 4 is 67.8 Å². The van der Waals surface area contributed by atoms with E-state index in [1.54, 1.807) is 0 Å². The molecule has 7 heavy (non-hydrogen) atoms. The van der Waals surface area contributed by atoms with E-state index in [-0.39, 0.29) is 0 Å². The summed E-state index contributed by atoms with van der Waals surface area (Å²) in [7, 11) is 0. The topological polar surface area (TPSA) is 26.0 Å². The van der Waals surface area contributed by atoms with Gasteiger partial charge in [0.15, 0.2) is 0 Å². The Hall–Kier alpha value is 1.89. The Morgan fingerprint density at radius 3 is 1.71 bits per heavy atom. The van der Waals surface area contributed by atoms with E-state index in [1.165, 1.54) is 5.17 Å². The summed E-state index contributed by atoms with van der Waals surface area (Å²) >= 11 is 6.73. The molecule has 42 valence electrons. The number of halogens is 3. The van der Waals surface area contributed by atoms with Crippen LogP contribution in [0.2, 0.25) is 0 Å². The standard InChI is InChI=1S/C3H4I3N/c4-2(1-7)3(5)6/h1,7H2. The van der Waals surface area contributed by atoms with Gasteiger partial charge in [-0.2, -0.15) is 0 Å². The second kappa shape index (κ2) is 4.74. The second-order valence-corrected chi connectivity index (χ2v) is 6.39. The van der Waals surface area contributed by atoms with Gasteiger partial charge in [-0.05, 0) is 67.8 Å². The Labute approximate surface area is 83.9 Å². The fraction of sp³-hybridized carbons (Fsp3) is 0.333. The van der Waals surface area contributed by atoms with Crippen molar-refractivity contribution in [2.45, 2.75) is 0 Å². The van der Waals surface area contributed by atoms with Crippen LogP contribution in [-0.4, -0.2) is 6.54 Å². The molecule has 0 fully saturated rings. The van der Waals surface area contributed by atoms with E-state index in [0.717, 1.165) is 0 Å². The van der Waals surface area contributed by atoms with Crippen LogP contribution in [-0.2, 0) is 0 Å². The van der Waals surface area contributed by atoms with Gasteiger partial charge in [0.2, 0.25) is 0 Å². The Kier molecular flexibility index (Phi) is 6.02. The molecule has 2 N–H and O–H groups in total. The SMILES string of the molecule is NCC(I)=C(I)I. The zero-order chi connectivity index (χ0) is 5.86. The molecule has 4 heteroatoms. The molecule has 0 aromatic heterocycles. The minimum atomic E-state index is 0.668. The molecule has 0 unspecified atom stereocenters. The van der Waals surface area contributed by atoms with Crippen LogP contribution in [0, 0.1) is 0 Å². The van der Waals surface area contributed by atoms with Crippen molar-refractivity contribution < 1.29 is 0 Å². The molecular formula is C3H4I3N. The van der Waals surface area contributed by atoms with Crippen LogP contribution in [0.15, 0.2) is 5.17 Å². The normalized spacial score (nSPS) is 8.57. The van der Waals surface area contributed by atoms with Gasteiger partial charge in [0.05, 0.1) is 1.59 Å². The summed E-state index contributed by atoms with van der Waals surface area (Å²) in [5.74, 6) is 0. The molecule has 0 aliphatic rings. The summed E-state index contributed by atoms with van der Waals surface area (Å²) in [5.41, 5.74) is 5.30. The molecule has 0 saturated heterocycles. The zero-order valence-electron chi connectivity index (χ0n) is 3.42. The first-order chi connectivity index (χ1) is 3.18. The van der Waals surface area contributed by atoms with Gasteiger partial charge in [-0.1, -0.05) is 0 Å². The van der Waals surface area contributed by atoms with Gasteiger partial charge in [-0.25, -0.2) is 0 Å². The van der Waals surface area contributed by atoms with E-state index in [9.17, 15) is 0 Å². The van der Waals surface area contributed by atoms with Gasteiger partial charge in [0, 0.05) is 10.1 Å². The van der Waals surface area contributed by atoms with Gasteiger partial charge in [0.1, 0.15) is 0 Å². The molecule has 0 aromatic carbocycles. The van der Waals surface area contributed by atoms with E-state index in [4.69, 9.17) is 5.73 Å². The monoisotopic (exact) mass is 435 g/mol. The summed E-state index contributed by atoms with van der Waals surface area (Å²) in [6, 6.07) is 0. The van der Waals surface area contributed by atoms with E-state index >= 15 is 0 Å². The molecule has 0 bridgehead atoms. The Morgan fingerprint density at radius 2 is 1.71 bits per heavy atom. The van der Waals surface area contributed by atoms with Gasteiger partial charge in [-0.15, -0.1) is 0 Å². The van der Waals surface area contributed by atoms with Crippen molar-refractivity contribution in [2.75, 3.05) is 6.54 Å². The number of nitrogens with two attached hydrogens (primary N) is 1. The maximum Gasteiger partial charge on any atom is 0.0619 e. The lowest BCUT2D eigenvalue weighted by Gasteiger charge is -1.88. The lowest BCUT2D eigenvalue weighted by Crippen LogP contribution is -1.96. The largest absolute Gasteiger partial charge is 0.326 e. The molecule has 0 atom stereocenters. The van der Waals surface area contributed by atoms with Crippen molar-refractivity contribution in [2.24, 2.45) is 5.73 Å². The lowest BCUT2D eigenvalue weighted by molar-refractivity contribution is 1.25. The van der Waals surface area contributed by atoms with Crippen LogP contribution >= 0.6 is 67.8 Å². The molecular weight excluding hydrogens is 431 g/mol. The molecule has 0 spiro atoms. The van der Waals surface area contributed by atoms with Crippen molar-refractivity contribution in [1.82, 2.24) is 0 Å². The summed E-state index contributed by atoms with van der Waals surface area (Å²) < 4.78 is 2.50. The third-order valence-corrected chi connectivity index (χ3v) is 4.73. The summed E-state index contributed by atoms with van der Waals surface area (Å²) in [6.07, 6.45) is 0. The van der Waals surface area contributed by atoms with E-state index < -0.39 is 0 Å². The quantitative estimate of drug-likeness (QED) is 0.630. The highest BCUT2D eigenvalue weighted by molar-refractivity contribution is 14.2. The fourth-order valence-electron chi connectivity index (χ4n) is 0.0772. The van der Waals surface area contributed by atoms with Crippen LogP contribution in [0.5, 0.6) is 0 Å². The highest BCUT2D eigenvalue weighted by Crippen LogP contribution is 2.23. The van der Waals surface area contributed by atoms with Crippen LogP contribution in [0.3, 0.4) is 0 Å². The summed E-state index contributed by atoms with van der Waals surface area (Å²) in [5, 5.41) is 0. The van der Waals surface area contributed by atoms with E-state index in [0.29, 0.717) is 6.54 Å². The summed E-state index contributed by atoms with van der Waals surface area (Å²) in [4.78, 5) is 0. The molecule has 0 amide bonds. The third-order valence-electron chi connectivity index (χ3n) is 0.384. The molecule has 0 rings (SSSR count). The lowest BCUT2D eigenvalue weighted by atomic mass is 10.7. The first-order valence-electron chi connectivity index (χ1n) is 1.58. The maximum atomic E-state index is 5.30. The van der Waals surface area contributed by atoms with Crippen molar-refractivity contribution in [3.63, 3.8) is 0 Å². The first kappa shape index (κ1) is 8.89. The number of rotatable bonds is 1. The average molecular weight is 435 g/mol. The predicted molar refractivity (Wildman–Crippen MR) is 58.1 cm³/mol. The molecule has 0 aliphatic heterocycles. The Morgan fingerprint density at radius 1 is 1.29 bits per heavy atom. The van der Waals surface area contributed by atoms with Crippen LogP contribution in [0.1, 0.15) is 0 Å². The minimum absolute atomic E-state index is 0.668. The van der Waals surface area contributed by atoms with Crippen LogP contribution in [0.25, 0.3) is 0 Å². The first-order valence-corrected chi connectivity index (χ1v) is 4.81. The molecule has 0 saturated carbocycles. The second-order valence-electron chi connectivity index (χ2n) is 0.869. The molecule has 0 heterocycles. The van der Waals surface area contributed by atoms with Crippen molar-refractivity contribution in [3.8, 4) is 0 Å².